The first kappa shape index (κ1) is 20.9. The predicted octanol–water partition coefficient (Wildman–Crippen LogP) is 1.72. The number of hydrogen-bond donors (Lipinski definition) is 2. The zero-order valence-corrected chi connectivity index (χ0v) is 14.9. The summed E-state index contributed by atoms with van der Waals surface area (Å²) >= 11 is 0. The summed E-state index contributed by atoms with van der Waals surface area (Å²) in [6.07, 6.45) is 0.611. The molecule has 0 saturated heterocycles. The Hall–Kier alpha value is -3.10. The van der Waals surface area contributed by atoms with Crippen molar-refractivity contribution in [1.82, 2.24) is 5.32 Å². The minimum Gasteiger partial charge on any atom is -0.466 e. The highest BCUT2D eigenvalue weighted by Crippen LogP contribution is 2.17. The molecular weight excluding hydrogens is 344 g/mol. The number of ether oxygens (including phenoxy) is 3. The van der Waals surface area contributed by atoms with Crippen LogP contribution < -0.4 is 10.6 Å². The zero-order valence-electron chi connectivity index (χ0n) is 14.9. The first-order valence-electron chi connectivity index (χ1n) is 7.93. The van der Waals surface area contributed by atoms with E-state index < -0.39 is 18.0 Å². The van der Waals surface area contributed by atoms with E-state index in [1.54, 1.807) is 6.92 Å². The highest BCUT2D eigenvalue weighted by atomic mass is 16.5. The van der Waals surface area contributed by atoms with Gasteiger partial charge in [-0.1, -0.05) is 0 Å². The highest BCUT2D eigenvalue weighted by molar-refractivity contribution is 5.99. The van der Waals surface area contributed by atoms with Gasteiger partial charge in [-0.2, -0.15) is 0 Å². The van der Waals surface area contributed by atoms with Gasteiger partial charge in [0.15, 0.2) is 0 Å². The lowest BCUT2D eigenvalue weighted by atomic mass is 10.1. The number of amides is 2. The first-order chi connectivity index (χ1) is 12.4. The van der Waals surface area contributed by atoms with Crippen molar-refractivity contribution in [1.29, 1.82) is 0 Å². The largest absolute Gasteiger partial charge is 0.466 e. The molecule has 0 saturated carbocycles. The van der Waals surface area contributed by atoms with Gasteiger partial charge < -0.3 is 24.8 Å². The summed E-state index contributed by atoms with van der Waals surface area (Å²) in [7, 11) is 2.41. The van der Waals surface area contributed by atoms with Crippen molar-refractivity contribution in [2.75, 3.05) is 32.7 Å². The molecule has 142 valence electrons. The second-order valence-electron chi connectivity index (χ2n) is 5.07. The molecule has 0 aliphatic heterocycles. The van der Waals surface area contributed by atoms with Gasteiger partial charge in [-0.05, 0) is 31.5 Å². The Labute approximate surface area is 151 Å². The van der Waals surface area contributed by atoms with E-state index in [2.05, 4.69) is 20.1 Å². The SMILES string of the molecule is CCOC(=O)CCCNC(=O)Nc1cc(C(=O)OC)cc(C(=O)OC)c1. The number of carbonyl (C=O) groups is 4. The van der Waals surface area contributed by atoms with Gasteiger partial charge in [0, 0.05) is 18.7 Å². The van der Waals surface area contributed by atoms with Crippen LogP contribution in [-0.4, -0.2) is 51.3 Å². The Kier molecular flexibility index (Phi) is 8.62. The summed E-state index contributed by atoms with van der Waals surface area (Å²) < 4.78 is 14.0. The van der Waals surface area contributed by atoms with Crippen LogP contribution in [0.3, 0.4) is 0 Å². The van der Waals surface area contributed by atoms with Gasteiger partial charge in [0.2, 0.25) is 0 Å². The molecule has 1 rings (SSSR count). The summed E-state index contributed by atoms with van der Waals surface area (Å²) in [5.41, 5.74) is 0.400. The first-order valence-corrected chi connectivity index (χ1v) is 7.93. The number of carbonyl (C=O) groups excluding carboxylic acids is 4. The number of hydrogen-bond acceptors (Lipinski definition) is 7. The normalized spacial score (nSPS) is 9.81. The van der Waals surface area contributed by atoms with Crippen LogP contribution in [0.2, 0.25) is 0 Å². The highest BCUT2D eigenvalue weighted by Gasteiger charge is 2.15. The molecular formula is C17H22N2O7. The molecule has 0 aromatic heterocycles. The molecule has 0 atom stereocenters. The number of esters is 3. The fraction of sp³-hybridized carbons (Fsp3) is 0.412. The van der Waals surface area contributed by atoms with Gasteiger partial charge in [-0.3, -0.25) is 4.79 Å². The third kappa shape index (κ3) is 6.80. The fourth-order valence-corrected chi connectivity index (χ4v) is 2.01. The summed E-state index contributed by atoms with van der Waals surface area (Å²) in [5.74, 6) is -1.65. The van der Waals surface area contributed by atoms with Crippen LogP contribution in [0.5, 0.6) is 0 Å². The molecule has 26 heavy (non-hydrogen) atoms. The van der Waals surface area contributed by atoms with Crippen LogP contribution in [-0.2, 0) is 19.0 Å². The van der Waals surface area contributed by atoms with Crippen molar-refractivity contribution in [3.8, 4) is 0 Å². The maximum Gasteiger partial charge on any atom is 0.337 e. The third-order valence-electron chi connectivity index (χ3n) is 3.18. The van der Waals surface area contributed by atoms with Crippen LogP contribution in [0.15, 0.2) is 18.2 Å². The summed E-state index contributed by atoms with van der Waals surface area (Å²) in [4.78, 5) is 46.5. The minimum atomic E-state index is -0.659. The molecule has 0 aliphatic rings. The molecule has 0 spiro atoms. The molecule has 2 amide bonds. The number of rotatable bonds is 8. The van der Waals surface area contributed by atoms with Crippen molar-refractivity contribution in [2.24, 2.45) is 0 Å². The molecule has 0 aliphatic carbocycles. The van der Waals surface area contributed by atoms with Crippen LogP contribution in [0, 0.1) is 0 Å². The van der Waals surface area contributed by atoms with Crippen LogP contribution in [0.4, 0.5) is 10.5 Å². The average Bonchev–Trinajstić information content (AvgIpc) is 2.63. The fourth-order valence-electron chi connectivity index (χ4n) is 2.01. The lowest BCUT2D eigenvalue weighted by Gasteiger charge is -2.10. The van der Waals surface area contributed by atoms with Crippen molar-refractivity contribution in [2.45, 2.75) is 19.8 Å². The molecule has 0 bridgehead atoms. The molecule has 0 unspecified atom stereocenters. The summed E-state index contributed by atoms with van der Waals surface area (Å²) in [6.45, 7) is 2.28. The Bertz CT molecular complexity index is 639. The lowest BCUT2D eigenvalue weighted by Crippen LogP contribution is -2.30. The number of anilines is 1. The number of methoxy groups -OCH3 is 2. The molecule has 0 radical (unpaired) electrons. The molecule has 9 heteroatoms. The van der Waals surface area contributed by atoms with Crippen LogP contribution in [0.1, 0.15) is 40.5 Å². The predicted molar refractivity (Wildman–Crippen MR) is 92.0 cm³/mol. The van der Waals surface area contributed by atoms with E-state index in [0.717, 1.165) is 0 Å². The monoisotopic (exact) mass is 366 g/mol. The van der Waals surface area contributed by atoms with Crippen molar-refractivity contribution >= 4 is 29.6 Å². The van der Waals surface area contributed by atoms with Gasteiger partial charge in [0.1, 0.15) is 0 Å². The van der Waals surface area contributed by atoms with Gasteiger partial charge in [-0.25, -0.2) is 14.4 Å². The zero-order chi connectivity index (χ0) is 19.5. The Morgan fingerprint density at radius 3 is 2.04 bits per heavy atom. The van der Waals surface area contributed by atoms with E-state index >= 15 is 0 Å². The van der Waals surface area contributed by atoms with Crippen LogP contribution in [0.25, 0.3) is 0 Å². The smallest absolute Gasteiger partial charge is 0.337 e. The second-order valence-corrected chi connectivity index (χ2v) is 5.07. The Balaban J connectivity index is 2.69. The molecule has 9 nitrogen and oxygen atoms in total. The van der Waals surface area contributed by atoms with Crippen LogP contribution >= 0.6 is 0 Å². The number of nitrogens with one attached hydrogen (secondary N) is 2. The second kappa shape index (κ2) is 10.7. The summed E-state index contributed by atoms with van der Waals surface area (Å²) in [5, 5.41) is 5.08. The lowest BCUT2D eigenvalue weighted by molar-refractivity contribution is -0.143. The Morgan fingerprint density at radius 1 is 0.962 bits per heavy atom. The van der Waals surface area contributed by atoms with E-state index in [4.69, 9.17) is 4.74 Å². The average molecular weight is 366 g/mol. The van der Waals surface area contributed by atoms with Gasteiger partial charge in [-0.15, -0.1) is 0 Å². The van der Waals surface area contributed by atoms with Gasteiger partial charge in [0.05, 0.1) is 32.0 Å². The molecule has 1 aromatic rings. The maximum atomic E-state index is 11.9. The molecule has 0 fully saturated rings. The molecule has 0 heterocycles. The number of benzene rings is 1. The van der Waals surface area contributed by atoms with E-state index in [1.165, 1.54) is 32.4 Å². The van der Waals surface area contributed by atoms with Gasteiger partial charge >= 0.3 is 23.9 Å². The Morgan fingerprint density at radius 2 is 1.54 bits per heavy atom. The minimum absolute atomic E-state index is 0.0908. The third-order valence-corrected chi connectivity index (χ3v) is 3.18. The van der Waals surface area contributed by atoms with Gasteiger partial charge in [0.25, 0.3) is 0 Å². The standard InChI is InChI=1S/C17H22N2O7/c1-4-26-14(20)6-5-7-18-17(23)19-13-9-11(15(21)24-2)8-12(10-13)16(22)25-3/h8-10H,4-7H2,1-3H3,(H2,18,19,23). The maximum absolute atomic E-state index is 11.9. The van der Waals surface area contributed by atoms with Crippen molar-refractivity contribution < 1.29 is 33.4 Å². The van der Waals surface area contributed by atoms with E-state index in [-0.39, 0.29) is 35.7 Å². The number of urea groups is 1. The topological polar surface area (TPSA) is 120 Å². The van der Waals surface area contributed by atoms with Crippen molar-refractivity contribution in [3.05, 3.63) is 29.3 Å². The van der Waals surface area contributed by atoms with E-state index in [0.29, 0.717) is 13.0 Å². The van der Waals surface area contributed by atoms with E-state index in [9.17, 15) is 19.2 Å². The molecule has 2 N–H and O–H groups in total. The van der Waals surface area contributed by atoms with E-state index in [1.807, 2.05) is 0 Å². The van der Waals surface area contributed by atoms with Crippen molar-refractivity contribution in [3.63, 3.8) is 0 Å². The summed E-state index contributed by atoms with van der Waals surface area (Å²) in [6, 6.07) is 3.50. The molecule has 1 aromatic carbocycles. The quantitative estimate of drug-likeness (QED) is 0.408.